The molecule has 0 spiro atoms. The molecule has 3 aromatic rings. The largest absolute Gasteiger partial charge is 0.486 e. The predicted molar refractivity (Wildman–Crippen MR) is 97.1 cm³/mol. The van der Waals surface area contributed by atoms with E-state index in [2.05, 4.69) is 20.6 Å². The number of carbonyl (C=O) groups is 1. The van der Waals surface area contributed by atoms with Gasteiger partial charge in [0.15, 0.2) is 11.5 Å². The van der Waals surface area contributed by atoms with Crippen LogP contribution in [0.2, 0.25) is 0 Å². The molecule has 2 N–H and O–H groups in total. The zero-order valence-corrected chi connectivity index (χ0v) is 14.1. The van der Waals surface area contributed by atoms with E-state index in [-0.39, 0.29) is 17.5 Å². The molecule has 1 aromatic heterocycles. The van der Waals surface area contributed by atoms with E-state index in [0.29, 0.717) is 36.1 Å². The monoisotopic (exact) mass is 366 g/mol. The van der Waals surface area contributed by atoms with Crippen molar-refractivity contribution < 1.29 is 18.7 Å². The number of fused-ring (bicyclic) bond motifs is 1. The number of aromatic nitrogens is 2. The van der Waals surface area contributed by atoms with Crippen molar-refractivity contribution in [3.8, 4) is 11.5 Å². The Balaban J connectivity index is 1.48. The van der Waals surface area contributed by atoms with Crippen LogP contribution in [0.25, 0.3) is 0 Å². The molecule has 27 heavy (non-hydrogen) atoms. The molecule has 0 aliphatic carbocycles. The second-order valence-electron chi connectivity index (χ2n) is 5.71. The van der Waals surface area contributed by atoms with Gasteiger partial charge in [-0.3, -0.25) is 4.79 Å². The lowest BCUT2D eigenvalue weighted by molar-refractivity contribution is 0.102. The van der Waals surface area contributed by atoms with Crippen LogP contribution in [0.5, 0.6) is 11.5 Å². The Bertz CT molecular complexity index is 979. The van der Waals surface area contributed by atoms with E-state index < -0.39 is 5.91 Å². The van der Waals surface area contributed by atoms with Gasteiger partial charge in [0, 0.05) is 23.6 Å². The molecule has 7 nitrogen and oxygen atoms in total. The zero-order chi connectivity index (χ0) is 18.6. The fourth-order valence-corrected chi connectivity index (χ4v) is 2.52. The molecule has 136 valence electrons. The van der Waals surface area contributed by atoms with Gasteiger partial charge in [0.1, 0.15) is 24.7 Å². The number of amides is 1. The number of halogens is 1. The van der Waals surface area contributed by atoms with Crippen molar-refractivity contribution in [1.82, 2.24) is 9.97 Å². The number of rotatable bonds is 4. The molecule has 2 heterocycles. The number of nitrogens with zero attached hydrogens (tertiary/aromatic N) is 2. The highest BCUT2D eigenvalue weighted by Crippen LogP contribution is 2.32. The molecule has 8 heteroatoms. The van der Waals surface area contributed by atoms with Crippen LogP contribution < -0.4 is 20.1 Å². The average molecular weight is 366 g/mol. The SMILES string of the molecule is O=C(Nc1ccc2c(c1)OCCO2)c1ccnc(Nc2ccc(F)cc2)n1. The summed E-state index contributed by atoms with van der Waals surface area (Å²) in [7, 11) is 0. The fourth-order valence-electron chi connectivity index (χ4n) is 2.52. The first kappa shape index (κ1) is 16.8. The van der Waals surface area contributed by atoms with Crippen molar-refractivity contribution in [2.75, 3.05) is 23.8 Å². The molecule has 0 saturated carbocycles. The lowest BCUT2D eigenvalue weighted by atomic mass is 10.2. The number of anilines is 3. The molecule has 1 aliphatic rings. The molecule has 0 fully saturated rings. The van der Waals surface area contributed by atoms with Gasteiger partial charge in [0.25, 0.3) is 5.91 Å². The van der Waals surface area contributed by atoms with Gasteiger partial charge in [-0.15, -0.1) is 0 Å². The minimum Gasteiger partial charge on any atom is -0.486 e. The standard InChI is InChI=1S/C19H15FN4O3/c20-12-1-3-13(4-2-12)23-19-21-8-7-15(24-19)18(25)22-14-5-6-16-17(11-14)27-10-9-26-16/h1-8,11H,9-10H2,(H,22,25)(H,21,23,24). The maximum Gasteiger partial charge on any atom is 0.274 e. The second-order valence-corrected chi connectivity index (χ2v) is 5.71. The summed E-state index contributed by atoms with van der Waals surface area (Å²) in [5.74, 6) is 0.731. The van der Waals surface area contributed by atoms with Gasteiger partial charge in [0.05, 0.1) is 0 Å². The maximum absolute atomic E-state index is 13.0. The number of benzene rings is 2. The average Bonchev–Trinajstić information content (AvgIpc) is 2.70. The minimum absolute atomic E-state index is 0.185. The first-order valence-electron chi connectivity index (χ1n) is 8.24. The fraction of sp³-hybridized carbons (Fsp3) is 0.105. The maximum atomic E-state index is 13.0. The van der Waals surface area contributed by atoms with Crippen LogP contribution in [0, 0.1) is 5.82 Å². The third kappa shape index (κ3) is 3.95. The summed E-state index contributed by atoms with van der Waals surface area (Å²) in [5, 5.41) is 5.69. The van der Waals surface area contributed by atoms with Crippen molar-refractivity contribution >= 4 is 23.2 Å². The summed E-state index contributed by atoms with van der Waals surface area (Å²) >= 11 is 0. The number of carbonyl (C=O) groups excluding carboxylic acids is 1. The molecule has 0 unspecified atom stereocenters. The van der Waals surface area contributed by atoms with E-state index in [1.54, 1.807) is 30.3 Å². The van der Waals surface area contributed by atoms with Crippen molar-refractivity contribution in [3.05, 3.63) is 66.2 Å². The molecule has 0 atom stereocenters. The van der Waals surface area contributed by atoms with E-state index in [4.69, 9.17) is 9.47 Å². The van der Waals surface area contributed by atoms with E-state index in [0.717, 1.165) is 0 Å². The Morgan fingerprint density at radius 2 is 1.70 bits per heavy atom. The normalized spacial score (nSPS) is 12.3. The van der Waals surface area contributed by atoms with Gasteiger partial charge < -0.3 is 20.1 Å². The highest BCUT2D eigenvalue weighted by Gasteiger charge is 2.14. The van der Waals surface area contributed by atoms with E-state index in [1.807, 2.05) is 0 Å². The zero-order valence-electron chi connectivity index (χ0n) is 14.1. The Morgan fingerprint density at radius 3 is 2.52 bits per heavy atom. The molecule has 4 rings (SSSR count). The Labute approximate surface area is 154 Å². The lowest BCUT2D eigenvalue weighted by Crippen LogP contribution is -2.17. The third-order valence-electron chi connectivity index (χ3n) is 3.79. The van der Waals surface area contributed by atoms with E-state index >= 15 is 0 Å². The molecule has 0 saturated heterocycles. The van der Waals surface area contributed by atoms with Crippen LogP contribution in [-0.4, -0.2) is 29.1 Å². The second kappa shape index (κ2) is 7.28. The highest BCUT2D eigenvalue weighted by atomic mass is 19.1. The molecule has 1 aliphatic heterocycles. The minimum atomic E-state index is -0.392. The number of hydrogen-bond donors (Lipinski definition) is 2. The molecule has 2 aromatic carbocycles. The molecule has 0 radical (unpaired) electrons. The first-order valence-corrected chi connectivity index (χ1v) is 8.24. The third-order valence-corrected chi connectivity index (χ3v) is 3.79. The molecule has 1 amide bonds. The highest BCUT2D eigenvalue weighted by molar-refractivity contribution is 6.03. The molecule has 0 bridgehead atoms. The van der Waals surface area contributed by atoms with Crippen molar-refractivity contribution in [3.63, 3.8) is 0 Å². The van der Waals surface area contributed by atoms with Crippen LogP contribution in [-0.2, 0) is 0 Å². The summed E-state index contributed by atoms with van der Waals surface area (Å²) in [5.41, 5.74) is 1.36. The number of hydrogen-bond acceptors (Lipinski definition) is 6. The number of ether oxygens (including phenoxy) is 2. The van der Waals surface area contributed by atoms with Crippen LogP contribution in [0.4, 0.5) is 21.7 Å². The summed E-state index contributed by atoms with van der Waals surface area (Å²) in [4.78, 5) is 20.7. The van der Waals surface area contributed by atoms with Gasteiger partial charge in [-0.05, 0) is 42.5 Å². The van der Waals surface area contributed by atoms with Crippen LogP contribution in [0.15, 0.2) is 54.7 Å². The molecular formula is C19H15FN4O3. The van der Waals surface area contributed by atoms with E-state index in [1.165, 1.54) is 24.4 Å². The van der Waals surface area contributed by atoms with Crippen LogP contribution >= 0.6 is 0 Å². The smallest absolute Gasteiger partial charge is 0.274 e. The van der Waals surface area contributed by atoms with Gasteiger partial charge in [-0.2, -0.15) is 0 Å². The van der Waals surface area contributed by atoms with E-state index in [9.17, 15) is 9.18 Å². The van der Waals surface area contributed by atoms with Crippen molar-refractivity contribution in [1.29, 1.82) is 0 Å². The topological polar surface area (TPSA) is 85.4 Å². The predicted octanol–water partition coefficient (Wildman–Crippen LogP) is 3.38. The van der Waals surface area contributed by atoms with Gasteiger partial charge in [-0.1, -0.05) is 0 Å². The van der Waals surface area contributed by atoms with Crippen molar-refractivity contribution in [2.45, 2.75) is 0 Å². The lowest BCUT2D eigenvalue weighted by Gasteiger charge is -2.19. The van der Waals surface area contributed by atoms with Crippen LogP contribution in [0.3, 0.4) is 0 Å². The summed E-state index contributed by atoms with van der Waals surface area (Å²) in [6.45, 7) is 0.970. The van der Waals surface area contributed by atoms with Crippen molar-refractivity contribution in [2.24, 2.45) is 0 Å². The Hall–Kier alpha value is -3.68. The summed E-state index contributed by atoms with van der Waals surface area (Å²) < 4.78 is 23.9. The van der Waals surface area contributed by atoms with Gasteiger partial charge >= 0.3 is 0 Å². The Morgan fingerprint density at radius 1 is 0.963 bits per heavy atom. The summed E-state index contributed by atoms with van der Waals surface area (Å²) in [6.07, 6.45) is 1.47. The molecular weight excluding hydrogens is 351 g/mol. The Kier molecular flexibility index (Phi) is 4.52. The number of nitrogens with one attached hydrogen (secondary N) is 2. The van der Waals surface area contributed by atoms with Crippen LogP contribution in [0.1, 0.15) is 10.5 Å². The summed E-state index contributed by atoms with van der Waals surface area (Å²) in [6, 6.07) is 12.4. The van der Waals surface area contributed by atoms with Gasteiger partial charge in [0.2, 0.25) is 5.95 Å². The van der Waals surface area contributed by atoms with Gasteiger partial charge in [-0.25, -0.2) is 14.4 Å². The first-order chi connectivity index (χ1) is 13.2. The quantitative estimate of drug-likeness (QED) is 0.736.